The maximum absolute atomic E-state index is 12.8. The van der Waals surface area contributed by atoms with Crippen LogP contribution >= 0.6 is 0 Å². The molecule has 0 aliphatic heterocycles. The zero-order valence-electron chi connectivity index (χ0n) is 16.2. The number of ether oxygens (including phenoxy) is 1. The lowest BCUT2D eigenvalue weighted by Crippen LogP contribution is -2.31. The first-order chi connectivity index (χ1) is 14.7. The van der Waals surface area contributed by atoms with Crippen molar-refractivity contribution >= 4 is 23.6 Å². The summed E-state index contributed by atoms with van der Waals surface area (Å²) in [6.07, 6.45) is -3.66. The van der Waals surface area contributed by atoms with Crippen LogP contribution in [0.1, 0.15) is 21.9 Å². The lowest BCUT2D eigenvalue weighted by atomic mass is 10.2. The fourth-order valence-corrected chi connectivity index (χ4v) is 2.59. The van der Waals surface area contributed by atoms with Crippen molar-refractivity contribution in [1.82, 2.24) is 5.32 Å². The number of para-hydroxylation sites is 2. The van der Waals surface area contributed by atoms with Gasteiger partial charge in [0.25, 0.3) is 11.8 Å². The summed E-state index contributed by atoms with van der Waals surface area (Å²) in [4.78, 5) is 25.4. The summed E-state index contributed by atoms with van der Waals surface area (Å²) in [7, 11) is 0. The predicted molar refractivity (Wildman–Crippen MR) is 107 cm³/mol. The molecule has 0 unspecified atom stereocenters. The number of rotatable bonds is 6. The van der Waals surface area contributed by atoms with Crippen LogP contribution < -0.4 is 15.4 Å². The molecule has 2 amide bonds. The Balaban J connectivity index is 1.88. The third-order valence-electron chi connectivity index (χ3n) is 3.94. The molecule has 0 radical (unpaired) electrons. The summed E-state index contributed by atoms with van der Waals surface area (Å²) < 4.78 is 47.3. The molecule has 0 saturated heterocycles. The minimum absolute atomic E-state index is 0.222. The van der Waals surface area contributed by atoms with E-state index in [2.05, 4.69) is 15.4 Å². The molecule has 31 heavy (non-hydrogen) atoms. The number of carbonyl (C=O) groups is 2. The van der Waals surface area contributed by atoms with Crippen LogP contribution in [0, 0.1) is 6.92 Å². The van der Waals surface area contributed by atoms with Crippen LogP contribution in [0.4, 0.5) is 18.9 Å². The minimum atomic E-state index is -4.94. The van der Waals surface area contributed by atoms with Crippen molar-refractivity contribution in [3.63, 3.8) is 0 Å². The fraction of sp³-hybridized carbons (Fsp3) is 0.0909. The molecule has 0 spiro atoms. The third-order valence-corrected chi connectivity index (χ3v) is 3.94. The van der Waals surface area contributed by atoms with Crippen molar-refractivity contribution in [3.8, 4) is 5.75 Å². The van der Waals surface area contributed by atoms with Gasteiger partial charge in [-0.1, -0.05) is 30.3 Å². The highest BCUT2D eigenvalue weighted by atomic mass is 19.4. The van der Waals surface area contributed by atoms with Crippen molar-refractivity contribution in [2.45, 2.75) is 13.3 Å². The molecule has 2 N–H and O–H groups in total. The van der Waals surface area contributed by atoms with E-state index in [0.717, 1.165) is 6.07 Å². The van der Waals surface area contributed by atoms with Gasteiger partial charge in [-0.25, -0.2) is 0 Å². The van der Waals surface area contributed by atoms with Crippen molar-refractivity contribution in [2.75, 3.05) is 5.32 Å². The Morgan fingerprint density at radius 3 is 2.29 bits per heavy atom. The van der Waals surface area contributed by atoms with Gasteiger partial charge in [0, 0.05) is 11.6 Å². The quantitative estimate of drug-likeness (QED) is 0.546. The lowest BCUT2D eigenvalue weighted by Gasteiger charge is -2.15. The topological polar surface area (TPSA) is 80.6 Å². The van der Waals surface area contributed by atoms with Gasteiger partial charge in [0.1, 0.15) is 17.2 Å². The molecule has 0 bridgehead atoms. The third kappa shape index (κ3) is 6.23. The Kier molecular flexibility index (Phi) is 6.44. The van der Waals surface area contributed by atoms with Gasteiger partial charge in [-0.15, -0.1) is 13.2 Å². The maximum atomic E-state index is 12.8. The average Bonchev–Trinajstić information content (AvgIpc) is 3.13. The Morgan fingerprint density at radius 2 is 1.65 bits per heavy atom. The number of hydrogen-bond donors (Lipinski definition) is 2. The zero-order valence-corrected chi connectivity index (χ0v) is 16.2. The number of carbonyl (C=O) groups excluding carboxylic acids is 2. The number of amides is 2. The number of alkyl halides is 3. The molecule has 9 heteroatoms. The largest absolute Gasteiger partial charge is 0.573 e. The van der Waals surface area contributed by atoms with Gasteiger partial charge in [-0.05, 0) is 43.3 Å². The molecule has 0 aliphatic carbocycles. The number of furan rings is 1. The first-order valence-corrected chi connectivity index (χ1v) is 9.02. The minimum Gasteiger partial charge on any atom is -0.462 e. The number of benzene rings is 2. The number of anilines is 1. The summed E-state index contributed by atoms with van der Waals surface area (Å²) in [6, 6.07) is 16.4. The molecular weight excluding hydrogens is 413 g/mol. The summed E-state index contributed by atoms with van der Waals surface area (Å²) in [5.41, 5.74) is -0.164. The number of halogens is 3. The highest BCUT2D eigenvalue weighted by Crippen LogP contribution is 2.30. The molecule has 160 valence electrons. The average molecular weight is 430 g/mol. The van der Waals surface area contributed by atoms with E-state index in [4.69, 9.17) is 4.42 Å². The molecule has 1 aromatic heterocycles. The first-order valence-electron chi connectivity index (χ1n) is 9.02. The van der Waals surface area contributed by atoms with Crippen LogP contribution in [-0.2, 0) is 4.79 Å². The first kappa shape index (κ1) is 21.7. The van der Waals surface area contributed by atoms with E-state index in [1.807, 2.05) is 0 Å². The van der Waals surface area contributed by atoms with E-state index in [1.165, 1.54) is 24.3 Å². The van der Waals surface area contributed by atoms with Gasteiger partial charge in [-0.3, -0.25) is 9.59 Å². The number of aryl methyl sites for hydroxylation is 1. The maximum Gasteiger partial charge on any atom is 0.573 e. The molecule has 3 aromatic rings. The summed E-state index contributed by atoms with van der Waals surface area (Å²) in [5, 5.41) is 4.79. The van der Waals surface area contributed by atoms with Gasteiger partial charge >= 0.3 is 6.36 Å². The van der Waals surface area contributed by atoms with Crippen molar-refractivity contribution in [1.29, 1.82) is 0 Å². The second kappa shape index (κ2) is 9.21. The predicted octanol–water partition coefficient (Wildman–Crippen LogP) is 4.90. The summed E-state index contributed by atoms with van der Waals surface area (Å²) in [6.45, 7) is 1.70. The van der Waals surface area contributed by atoms with Gasteiger partial charge in [0.15, 0.2) is 5.75 Å². The molecule has 0 fully saturated rings. The SMILES string of the molecule is Cc1ccc(/C=C(\NC(=O)c2ccccc2)C(=O)Nc2ccccc2OC(F)(F)F)o1. The second-order valence-corrected chi connectivity index (χ2v) is 6.32. The van der Waals surface area contributed by atoms with Gasteiger partial charge in [0.2, 0.25) is 0 Å². The Hall–Kier alpha value is -4.01. The Labute approximate surface area is 175 Å². The number of nitrogens with one attached hydrogen (secondary N) is 2. The molecule has 0 aliphatic rings. The van der Waals surface area contributed by atoms with Crippen LogP contribution in [0.15, 0.2) is 76.8 Å². The summed E-state index contributed by atoms with van der Waals surface area (Å²) >= 11 is 0. The zero-order chi connectivity index (χ0) is 22.4. The van der Waals surface area contributed by atoms with E-state index in [1.54, 1.807) is 49.4 Å². The van der Waals surface area contributed by atoms with Crippen molar-refractivity contribution in [2.24, 2.45) is 0 Å². The van der Waals surface area contributed by atoms with E-state index < -0.39 is 23.9 Å². The monoisotopic (exact) mass is 430 g/mol. The van der Waals surface area contributed by atoms with Crippen molar-refractivity contribution in [3.05, 3.63) is 89.5 Å². The molecule has 3 rings (SSSR count). The van der Waals surface area contributed by atoms with E-state index in [0.29, 0.717) is 5.76 Å². The second-order valence-electron chi connectivity index (χ2n) is 6.32. The van der Waals surface area contributed by atoms with Crippen LogP contribution in [0.3, 0.4) is 0 Å². The Bertz CT molecular complexity index is 1110. The van der Waals surface area contributed by atoms with Crippen LogP contribution in [0.25, 0.3) is 6.08 Å². The normalized spacial score (nSPS) is 11.7. The Morgan fingerprint density at radius 1 is 0.968 bits per heavy atom. The van der Waals surface area contributed by atoms with Crippen molar-refractivity contribution < 1.29 is 31.9 Å². The van der Waals surface area contributed by atoms with E-state index in [-0.39, 0.29) is 22.7 Å². The standard InChI is InChI=1S/C22H17F3N2O4/c1-14-11-12-16(30-14)13-18(27-20(28)15-7-3-2-4-8-15)21(29)26-17-9-5-6-10-19(17)31-22(23,24)25/h2-13H,1H3,(H,26,29)(H,27,28)/b18-13-. The van der Waals surface area contributed by atoms with Gasteiger partial charge in [-0.2, -0.15) is 0 Å². The molecule has 0 saturated carbocycles. The molecular formula is C22H17F3N2O4. The van der Waals surface area contributed by atoms with Crippen LogP contribution in [0.5, 0.6) is 5.75 Å². The van der Waals surface area contributed by atoms with Gasteiger partial charge in [0.05, 0.1) is 5.69 Å². The van der Waals surface area contributed by atoms with Gasteiger partial charge < -0.3 is 19.8 Å². The van der Waals surface area contributed by atoms with E-state index in [9.17, 15) is 22.8 Å². The van der Waals surface area contributed by atoms with Crippen LogP contribution in [0.2, 0.25) is 0 Å². The highest BCUT2D eigenvalue weighted by molar-refractivity contribution is 6.11. The summed E-state index contributed by atoms with van der Waals surface area (Å²) in [5.74, 6) is -1.19. The fourth-order valence-electron chi connectivity index (χ4n) is 2.59. The molecule has 1 heterocycles. The number of hydrogen-bond acceptors (Lipinski definition) is 4. The van der Waals surface area contributed by atoms with Crippen LogP contribution in [-0.4, -0.2) is 18.2 Å². The molecule has 0 atom stereocenters. The molecule has 6 nitrogen and oxygen atoms in total. The smallest absolute Gasteiger partial charge is 0.462 e. The highest BCUT2D eigenvalue weighted by Gasteiger charge is 2.32. The van der Waals surface area contributed by atoms with E-state index >= 15 is 0 Å². The lowest BCUT2D eigenvalue weighted by molar-refractivity contribution is -0.274. The molecule has 2 aromatic carbocycles.